The van der Waals surface area contributed by atoms with Crippen molar-refractivity contribution in [2.45, 2.75) is 24.9 Å². The molecule has 3 aliphatic heterocycles. The van der Waals surface area contributed by atoms with Gasteiger partial charge in [-0.3, -0.25) is 19.4 Å². The summed E-state index contributed by atoms with van der Waals surface area (Å²) in [5.74, 6) is 0.964. The number of rotatable bonds is 5. The monoisotopic (exact) mass is 450 g/mol. The van der Waals surface area contributed by atoms with Gasteiger partial charge in [-0.1, -0.05) is 30.3 Å². The first-order valence-corrected chi connectivity index (χ1v) is 11.1. The third-order valence-electron chi connectivity index (χ3n) is 6.33. The van der Waals surface area contributed by atoms with Crippen molar-refractivity contribution in [3.8, 4) is 11.5 Å². The number of imide groups is 1. The van der Waals surface area contributed by atoms with E-state index in [2.05, 4.69) is 10.6 Å². The van der Waals surface area contributed by atoms with E-state index in [4.69, 9.17) is 9.47 Å². The number of hydrogen-bond donors (Lipinski definition) is 2. The average molecular weight is 450 g/mol. The third-order valence-corrected chi connectivity index (χ3v) is 6.33. The number of carbonyl (C=O) groups is 3. The first kappa shape index (κ1) is 21.3. The Hall–Kier alpha value is -3.59. The van der Waals surface area contributed by atoms with E-state index in [1.54, 1.807) is 18.2 Å². The van der Waals surface area contributed by atoms with Crippen LogP contribution >= 0.6 is 0 Å². The summed E-state index contributed by atoms with van der Waals surface area (Å²) >= 11 is 0. The zero-order valence-corrected chi connectivity index (χ0v) is 18.2. The molecule has 1 spiro atoms. The van der Waals surface area contributed by atoms with Crippen LogP contribution in [0.2, 0.25) is 0 Å². The van der Waals surface area contributed by atoms with Crippen molar-refractivity contribution in [2.75, 3.05) is 38.2 Å². The predicted octanol–water partition coefficient (Wildman–Crippen LogP) is 1.98. The summed E-state index contributed by atoms with van der Waals surface area (Å²) in [5, 5.41) is 5.81. The number of urea groups is 1. The second kappa shape index (κ2) is 8.74. The maximum atomic E-state index is 13.1. The quantitative estimate of drug-likeness (QED) is 0.676. The Bertz CT molecular complexity index is 1070. The van der Waals surface area contributed by atoms with E-state index in [0.717, 1.165) is 5.56 Å². The minimum Gasteiger partial charge on any atom is -0.486 e. The Morgan fingerprint density at radius 1 is 1.00 bits per heavy atom. The second-order valence-electron chi connectivity index (χ2n) is 8.57. The number of nitrogens with zero attached hydrogens (tertiary/aromatic N) is 2. The number of benzene rings is 2. The topological polar surface area (TPSA) is 100 Å². The number of nitrogens with one attached hydrogen (secondary N) is 2. The maximum Gasteiger partial charge on any atom is 0.325 e. The number of fused-ring (bicyclic) bond motifs is 1. The minimum atomic E-state index is -0.880. The Labute approximate surface area is 191 Å². The number of piperidine rings is 1. The van der Waals surface area contributed by atoms with Crippen molar-refractivity contribution in [3.05, 3.63) is 54.1 Å². The highest BCUT2D eigenvalue weighted by Gasteiger charge is 2.52. The third kappa shape index (κ3) is 4.36. The molecule has 3 heterocycles. The van der Waals surface area contributed by atoms with E-state index in [9.17, 15) is 14.4 Å². The number of ether oxygens (including phenoxy) is 2. The molecule has 9 nitrogen and oxygen atoms in total. The molecule has 0 atom stereocenters. The smallest absolute Gasteiger partial charge is 0.325 e. The lowest BCUT2D eigenvalue weighted by molar-refractivity contribution is -0.133. The van der Waals surface area contributed by atoms with Crippen LogP contribution in [-0.4, -0.2) is 66.0 Å². The van der Waals surface area contributed by atoms with Gasteiger partial charge in [0.1, 0.15) is 18.8 Å². The van der Waals surface area contributed by atoms with Crippen LogP contribution in [0.25, 0.3) is 0 Å². The lowest BCUT2D eigenvalue weighted by atomic mass is 9.87. The van der Waals surface area contributed by atoms with E-state index in [0.29, 0.717) is 56.3 Å². The van der Waals surface area contributed by atoms with Gasteiger partial charge in [-0.05, 0) is 30.5 Å². The molecule has 2 aromatic rings. The van der Waals surface area contributed by atoms with Crippen molar-refractivity contribution in [2.24, 2.45) is 0 Å². The fraction of sp³-hybridized carbons (Fsp3) is 0.375. The van der Waals surface area contributed by atoms with Crippen LogP contribution in [-0.2, 0) is 16.1 Å². The van der Waals surface area contributed by atoms with Gasteiger partial charge in [-0.15, -0.1) is 0 Å². The molecule has 0 unspecified atom stereocenters. The zero-order chi connectivity index (χ0) is 22.8. The van der Waals surface area contributed by atoms with Crippen LogP contribution in [0.5, 0.6) is 11.5 Å². The molecule has 0 aliphatic carbocycles. The molecular weight excluding hydrogens is 424 g/mol. The van der Waals surface area contributed by atoms with E-state index < -0.39 is 5.54 Å². The van der Waals surface area contributed by atoms with Gasteiger partial charge in [0.25, 0.3) is 5.91 Å². The lowest BCUT2D eigenvalue weighted by Gasteiger charge is -2.36. The molecule has 4 amide bonds. The van der Waals surface area contributed by atoms with E-state index in [1.807, 2.05) is 35.2 Å². The van der Waals surface area contributed by atoms with Gasteiger partial charge in [0.2, 0.25) is 5.91 Å². The van der Waals surface area contributed by atoms with Crippen LogP contribution < -0.4 is 20.1 Å². The largest absolute Gasteiger partial charge is 0.486 e. The molecule has 33 heavy (non-hydrogen) atoms. The normalized spacial score (nSPS) is 19.5. The summed E-state index contributed by atoms with van der Waals surface area (Å²) in [7, 11) is 0. The molecule has 3 aliphatic rings. The summed E-state index contributed by atoms with van der Waals surface area (Å²) in [4.78, 5) is 41.5. The molecular formula is C24H26N4O5. The van der Waals surface area contributed by atoms with Crippen LogP contribution in [0.4, 0.5) is 10.5 Å². The molecule has 5 rings (SSSR count). The van der Waals surface area contributed by atoms with Gasteiger partial charge >= 0.3 is 6.03 Å². The van der Waals surface area contributed by atoms with Crippen molar-refractivity contribution in [1.82, 2.24) is 15.1 Å². The van der Waals surface area contributed by atoms with Crippen LogP contribution in [0, 0.1) is 0 Å². The van der Waals surface area contributed by atoms with E-state index >= 15 is 0 Å². The minimum absolute atomic E-state index is 0.143. The van der Waals surface area contributed by atoms with Crippen LogP contribution in [0.1, 0.15) is 18.4 Å². The number of hydrogen-bond acceptors (Lipinski definition) is 6. The van der Waals surface area contributed by atoms with Crippen LogP contribution in [0.3, 0.4) is 0 Å². The van der Waals surface area contributed by atoms with E-state index in [-0.39, 0.29) is 30.9 Å². The SMILES string of the molecule is O=C(CN1CCC2(CC1)NC(=O)N(Cc1ccccc1)C2=O)Nc1ccc2c(c1)OCCO2. The summed E-state index contributed by atoms with van der Waals surface area (Å²) in [6.45, 7) is 2.55. The molecule has 0 aromatic heterocycles. The number of likely N-dealkylation sites (tertiary alicyclic amines) is 1. The average Bonchev–Trinajstić information content (AvgIpc) is 3.05. The molecule has 2 N–H and O–H groups in total. The van der Waals surface area contributed by atoms with Gasteiger partial charge in [-0.2, -0.15) is 0 Å². The highest BCUT2D eigenvalue weighted by atomic mass is 16.6. The molecule has 9 heteroatoms. The van der Waals surface area contributed by atoms with Crippen molar-refractivity contribution >= 4 is 23.5 Å². The predicted molar refractivity (Wildman–Crippen MR) is 120 cm³/mol. The van der Waals surface area contributed by atoms with Crippen molar-refractivity contribution < 1.29 is 23.9 Å². The van der Waals surface area contributed by atoms with Gasteiger partial charge in [-0.25, -0.2) is 4.79 Å². The summed E-state index contributed by atoms with van der Waals surface area (Å²) < 4.78 is 11.1. The second-order valence-corrected chi connectivity index (χ2v) is 8.57. The fourth-order valence-corrected chi connectivity index (χ4v) is 4.54. The Kier molecular flexibility index (Phi) is 5.63. The molecule has 0 radical (unpaired) electrons. The van der Waals surface area contributed by atoms with Crippen molar-refractivity contribution in [3.63, 3.8) is 0 Å². The Morgan fingerprint density at radius 2 is 1.73 bits per heavy atom. The zero-order valence-electron chi connectivity index (χ0n) is 18.2. The highest BCUT2D eigenvalue weighted by Crippen LogP contribution is 2.33. The van der Waals surface area contributed by atoms with Crippen LogP contribution in [0.15, 0.2) is 48.5 Å². The molecule has 0 bridgehead atoms. The van der Waals surface area contributed by atoms with Crippen molar-refractivity contribution in [1.29, 1.82) is 0 Å². The van der Waals surface area contributed by atoms with Gasteiger partial charge in [0.15, 0.2) is 11.5 Å². The molecule has 2 saturated heterocycles. The Balaban J connectivity index is 1.15. The fourth-order valence-electron chi connectivity index (χ4n) is 4.54. The van der Waals surface area contributed by atoms with Gasteiger partial charge < -0.3 is 20.1 Å². The molecule has 0 saturated carbocycles. The Morgan fingerprint density at radius 3 is 2.48 bits per heavy atom. The maximum absolute atomic E-state index is 13.1. The number of carbonyl (C=O) groups excluding carboxylic acids is 3. The van der Waals surface area contributed by atoms with E-state index in [1.165, 1.54) is 4.90 Å². The lowest BCUT2D eigenvalue weighted by Crippen LogP contribution is -2.55. The number of anilines is 1. The molecule has 2 fully saturated rings. The summed E-state index contributed by atoms with van der Waals surface area (Å²) in [6.07, 6.45) is 0.945. The number of amides is 4. The van der Waals surface area contributed by atoms with Gasteiger partial charge in [0.05, 0.1) is 13.1 Å². The standard InChI is InChI=1S/C24H26N4O5/c29-21(25-18-6-7-19-20(14-18)33-13-12-32-19)16-27-10-8-24(9-11-27)22(30)28(23(31)26-24)15-17-4-2-1-3-5-17/h1-7,14H,8-13,15-16H2,(H,25,29)(H,26,31). The first-order chi connectivity index (χ1) is 16.0. The van der Waals surface area contributed by atoms with Gasteiger partial charge in [0, 0.05) is 24.8 Å². The molecule has 172 valence electrons. The summed E-state index contributed by atoms with van der Waals surface area (Å²) in [6, 6.07) is 14.4. The first-order valence-electron chi connectivity index (χ1n) is 11.1. The highest BCUT2D eigenvalue weighted by molar-refractivity contribution is 6.07. The summed E-state index contributed by atoms with van der Waals surface area (Å²) in [5.41, 5.74) is 0.674. The molecule has 2 aromatic carbocycles.